The third-order valence-corrected chi connectivity index (χ3v) is 2.38. The standard InChI is InChI=1S/C6H11N2.Rb/c1-8-5-2-6(8)4-7-3-5;/h5-6H,2-4H2,1H3;/q-1;+1. The fraction of sp³-hybridized carbons (Fsp3) is 1.00. The summed E-state index contributed by atoms with van der Waals surface area (Å²) in [6.45, 7) is 2.18. The van der Waals surface area contributed by atoms with Crippen molar-refractivity contribution in [3.05, 3.63) is 5.32 Å². The molecule has 0 N–H and O–H groups in total. The number of hydrogen-bond acceptors (Lipinski definition) is 1. The van der Waals surface area contributed by atoms with Gasteiger partial charge >= 0.3 is 58.2 Å². The zero-order valence-electron chi connectivity index (χ0n) is 6.17. The zero-order valence-corrected chi connectivity index (χ0v) is 11.1. The van der Waals surface area contributed by atoms with Crippen LogP contribution in [0.25, 0.3) is 5.32 Å². The fourth-order valence-corrected chi connectivity index (χ4v) is 1.59. The van der Waals surface area contributed by atoms with Crippen molar-refractivity contribution in [2.24, 2.45) is 0 Å². The fourth-order valence-electron chi connectivity index (χ4n) is 1.59. The van der Waals surface area contributed by atoms with Crippen LogP contribution in [-0.4, -0.2) is 37.1 Å². The van der Waals surface area contributed by atoms with Gasteiger partial charge in [0.1, 0.15) is 0 Å². The van der Waals surface area contributed by atoms with Crippen LogP contribution < -0.4 is 58.2 Å². The molecule has 0 radical (unpaired) electrons. The van der Waals surface area contributed by atoms with Gasteiger partial charge < -0.3 is 10.2 Å². The van der Waals surface area contributed by atoms with Gasteiger partial charge in [0.2, 0.25) is 0 Å². The molecule has 2 unspecified atom stereocenters. The molecular weight excluding hydrogens is 186 g/mol. The summed E-state index contributed by atoms with van der Waals surface area (Å²) in [7, 11) is 2.20. The van der Waals surface area contributed by atoms with Gasteiger partial charge in [0.25, 0.3) is 0 Å². The summed E-state index contributed by atoms with van der Waals surface area (Å²) in [5.41, 5.74) is 0. The predicted molar refractivity (Wildman–Crippen MR) is 33.0 cm³/mol. The van der Waals surface area contributed by atoms with Gasteiger partial charge in [0.05, 0.1) is 0 Å². The van der Waals surface area contributed by atoms with Crippen LogP contribution >= 0.6 is 0 Å². The summed E-state index contributed by atoms with van der Waals surface area (Å²) in [6.07, 6.45) is 1.40. The molecule has 3 saturated heterocycles. The third-order valence-electron chi connectivity index (χ3n) is 2.38. The number of piperazine rings is 1. The minimum absolute atomic E-state index is 0. The van der Waals surface area contributed by atoms with Crippen molar-refractivity contribution < 1.29 is 58.2 Å². The Morgan fingerprint density at radius 3 is 2.11 bits per heavy atom. The van der Waals surface area contributed by atoms with Crippen molar-refractivity contribution in [1.82, 2.24) is 4.90 Å². The van der Waals surface area contributed by atoms with Crippen molar-refractivity contribution in [2.45, 2.75) is 18.5 Å². The van der Waals surface area contributed by atoms with Crippen LogP contribution in [0.4, 0.5) is 0 Å². The number of likely N-dealkylation sites (N-methyl/N-ethyl adjacent to an activating group) is 1. The smallest absolute Gasteiger partial charge is 0.660 e. The zero-order chi connectivity index (χ0) is 5.56. The first-order valence-electron chi connectivity index (χ1n) is 3.23. The van der Waals surface area contributed by atoms with E-state index in [-0.39, 0.29) is 58.2 Å². The van der Waals surface area contributed by atoms with Gasteiger partial charge in [-0.2, -0.15) is 0 Å². The molecular formula is C6H11N2Rb. The van der Waals surface area contributed by atoms with E-state index in [0.29, 0.717) is 0 Å². The third kappa shape index (κ3) is 1.49. The molecule has 46 valence electrons. The number of rotatable bonds is 0. The Bertz CT molecular complexity index is 93.2. The normalized spacial score (nSPS) is 41.0. The van der Waals surface area contributed by atoms with E-state index in [1.807, 2.05) is 0 Å². The maximum Gasteiger partial charge on any atom is 1.00 e. The van der Waals surface area contributed by atoms with Crippen molar-refractivity contribution >= 4 is 0 Å². The van der Waals surface area contributed by atoms with Gasteiger partial charge in [-0.05, 0) is 25.6 Å². The molecule has 3 aliphatic rings. The van der Waals surface area contributed by atoms with Gasteiger partial charge in [-0.3, -0.25) is 0 Å². The molecule has 2 bridgehead atoms. The molecule has 3 rings (SSSR count). The van der Waals surface area contributed by atoms with Crippen LogP contribution in [0.3, 0.4) is 0 Å². The van der Waals surface area contributed by atoms with Crippen molar-refractivity contribution in [3.63, 3.8) is 0 Å². The molecule has 0 spiro atoms. The molecule has 3 heteroatoms. The minimum Gasteiger partial charge on any atom is -0.660 e. The van der Waals surface area contributed by atoms with Gasteiger partial charge in [-0.15, -0.1) is 13.1 Å². The van der Waals surface area contributed by atoms with E-state index in [0.717, 1.165) is 25.2 Å². The summed E-state index contributed by atoms with van der Waals surface area (Å²) >= 11 is 0. The summed E-state index contributed by atoms with van der Waals surface area (Å²) in [4.78, 5) is 2.44. The van der Waals surface area contributed by atoms with Crippen molar-refractivity contribution in [1.29, 1.82) is 0 Å². The first kappa shape index (κ1) is 8.82. The molecule has 2 nitrogen and oxygen atoms in total. The molecule has 3 heterocycles. The number of hydrogen-bond donors (Lipinski definition) is 0. The van der Waals surface area contributed by atoms with E-state index < -0.39 is 0 Å². The summed E-state index contributed by atoms with van der Waals surface area (Å²) in [6, 6.07) is 1.63. The SMILES string of the molecule is CN1C2C[N-]CC1C2.[Rb+]. The first-order valence-corrected chi connectivity index (χ1v) is 3.23. The van der Waals surface area contributed by atoms with Crippen LogP contribution in [0.5, 0.6) is 0 Å². The molecule has 0 saturated carbocycles. The monoisotopic (exact) mass is 196 g/mol. The molecule has 0 aromatic rings. The number of nitrogens with zero attached hydrogens (tertiary/aromatic N) is 2. The Morgan fingerprint density at radius 1 is 1.33 bits per heavy atom. The second-order valence-electron chi connectivity index (χ2n) is 2.80. The maximum atomic E-state index is 4.32. The van der Waals surface area contributed by atoms with Gasteiger partial charge in [0, 0.05) is 0 Å². The largest absolute Gasteiger partial charge is 1.00 e. The Hall–Kier alpha value is 1.73. The summed E-state index contributed by atoms with van der Waals surface area (Å²) in [5, 5.41) is 4.32. The Balaban J connectivity index is 0.000000405. The molecule has 3 aliphatic heterocycles. The summed E-state index contributed by atoms with van der Waals surface area (Å²) < 4.78 is 0. The average molecular weight is 197 g/mol. The Labute approximate surface area is 105 Å². The molecule has 0 aromatic carbocycles. The molecule has 9 heavy (non-hydrogen) atoms. The molecule has 0 amide bonds. The number of fused-ring (bicyclic) bond motifs is 2. The van der Waals surface area contributed by atoms with E-state index >= 15 is 0 Å². The van der Waals surface area contributed by atoms with E-state index in [2.05, 4.69) is 17.3 Å². The van der Waals surface area contributed by atoms with Crippen molar-refractivity contribution in [2.75, 3.05) is 20.1 Å². The molecule has 2 atom stereocenters. The van der Waals surface area contributed by atoms with E-state index in [1.165, 1.54) is 6.42 Å². The first-order chi connectivity index (χ1) is 3.88. The Kier molecular flexibility index (Phi) is 3.35. The van der Waals surface area contributed by atoms with Crippen LogP contribution in [0.1, 0.15) is 6.42 Å². The molecule has 3 fully saturated rings. The van der Waals surface area contributed by atoms with Gasteiger partial charge in [-0.25, -0.2) is 0 Å². The van der Waals surface area contributed by atoms with Crippen molar-refractivity contribution in [3.8, 4) is 0 Å². The second-order valence-corrected chi connectivity index (χ2v) is 2.80. The predicted octanol–water partition coefficient (Wildman–Crippen LogP) is -2.55. The van der Waals surface area contributed by atoms with E-state index in [4.69, 9.17) is 0 Å². The van der Waals surface area contributed by atoms with Crippen LogP contribution in [0, 0.1) is 0 Å². The van der Waals surface area contributed by atoms with E-state index in [1.54, 1.807) is 0 Å². The topological polar surface area (TPSA) is 17.3 Å². The maximum absolute atomic E-state index is 4.32. The second kappa shape index (κ2) is 3.41. The van der Waals surface area contributed by atoms with Crippen LogP contribution in [-0.2, 0) is 0 Å². The molecule has 0 aromatic heterocycles. The quantitative estimate of drug-likeness (QED) is 0.417. The van der Waals surface area contributed by atoms with Gasteiger partial charge in [0.15, 0.2) is 0 Å². The van der Waals surface area contributed by atoms with Crippen LogP contribution in [0.2, 0.25) is 0 Å². The minimum atomic E-state index is 0. The number of piperidine rings is 1. The Morgan fingerprint density at radius 2 is 1.89 bits per heavy atom. The average Bonchev–Trinajstić information content (AvgIpc) is 1.89. The van der Waals surface area contributed by atoms with Gasteiger partial charge in [-0.1, -0.05) is 0 Å². The molecule has 0 aliphatic carbocycles. The van der Waals surface area contributed by atoms with E-state index in [9.17, 15) is 0 Å². The summed E-state index contributed by atoms with van der Waals surface area (Å²) in [5.74, 6) is 0. The van der Waals surface area contributed by atoms with Crippen LogP contribution in [0.15, 0.2) is 0 Å².